The molecule has 0 saturated carbocycles. The summed E-state index contributed by atoms with van der Waals surface area (Å²) in [5.41, 5.74) is 0. The van der Waals surface area contributed by atoms with E-state index in [1.165, 1.54) is 9.77 Å². The van der Waals surface area contributed by atoms with Crippen LogP contribution in [0.1, 0.15) is 16.8 Å². The maximum Gasteiger partial charge on any atom is 0.191 e. The minimum Gasteiger partial charge on any atom is -0.355 e. The van der Waals surface area contributed by atoms with E-state index < -0.39 is 0 Å². The molecule has 1 unspecified atom stereocenters. The van der Waals surface area contributed by atoms with Gasteiger partial charge in [0, 0.05) is 34.8 Å². The SMILES string of the molecule is CN=C(NCc1cnc(C)s1)NCC(C)Sc1ccccc1.I. The molecule has 0 bridgehead atoms. The topological polar surface area (TPSA) is 49.3 Å². The molecule has 2 N–H and O–H groups in total. The van der Waals surface area contributed by atoms with E-state index in [1.54, 1.807) is 18.4 Å². The van der Waals surface area contributed by atoms with Gasteiger partial charge in [-0.1, -0.05) is 25.1 Å². The predicted octanol–water partition coefficient (Wildman–Crippen LogP) is 3.92. The van der Waals surface area contributed by atoms with Crippen LogP contribution in [0.5, 0.6) is 0 Å². The summed E-state index contributed by atoms with van der Waals surface area (Å²) in [6, 6.07) is 10.5. The molecule has 1 heterocycles. The number of guanidine groups is 1. The van der Waals surface area contributed by atoms with Crippen molar-refractivity contribution in [1.82, 2.24) is 15.6 Å². The van der Waals surface area contributed by atoms with Gasteiger partial charge in [0.05, 0.1) is 11.6 Å². The summed E-state index contributed by atoms with van der Waals surface area (Å²) in [5, 5.41) is 8.24. The molecule has 2 aromatic rings. The number of thioether (sulfide) groups is 1. The van der Waals surface area contributed by atoms with Crippen molar-refractivity contribution in [2.45, 2.75) is 30.5 Å². The van der Waals surface area contributed by atoms with Crippen LogP contribution in [0.3, 0.4) is 0 Å². The molecular weight excluding hydrogens is 439 g/mol. The Kier molecular flexibility index (Phi) is 9.57. The van der Waals surface area contributed by atoms with Crippen molar-refractivity contribution in [2.75, 3.05) is 13.6 Å². The fraction of sp³-hybridized carbons (Fsp3) is 0.375. The number of nitrogens with one attached hydrogen (secondary N) is 2. The summed E-state index contributed by atoms with van der Waals surface area (Å²) < 4.78 is 0. The molecule has 0 saturated heterocycles. The molecule has 0 amide bonds. The van der Waals surface area contributed by atoms with E-state index in [9.17, 15) is 0 Å². The van der Waals surface area contributed by atoms with Gasteiger partial charge in [0.25, 0.3) is 0 Å². The number of aliphatic imine (C=N–C) groups is 1. The first-order valence-corrected chi connectivity index (χ1v) is 8.94. The van der Waals surface area contributed by atoms with Crippen molar-refractivity contribution in [2.24, 2.45) is 4.99 Å². The lowest BCUT2D eigenvalue weighted by Gasteiger charge is -2.15. The maximum absolute atomic E-state index is 4.26. The van der Waals surface area contributed by atoms with Gasteiger partial charge in [0.15, 0.2) is 5.96 Å². The Labute approximate surface area is 163 Å². The molecule has 23 heavy (non-hydrogen) atoms. The first kappa shape index (κ1) is 20.2. The van der Waals surface area contributed by atoms with Crippen LogP contribution in [-0.4, -0.2) is 29.8 Å². The van der Waals surface area contributed by atoms with Gasteiger partial charge < -0.3 is 10.6 Å². The Morgan fingerprint density at radius 2 is 2.04 bits per heavy atom. The lowest BCUT2D eigenvalue weighted by molar-refractivity contribution is 0.794. The molecule has 7 heteroatoms. The second kappa shape index (κ2) is 10.9. The highest BCUT2D eigenvalue weighted by atomic mass is 127. The molecule has 4 nitrogen and oxygen atoms in total. The van der Waals surface area contributed by atoms with Crippen molar-refractivity contribution in [3.05, 3.63) is 46.4 Å². The molecule has 2 rings (SSSR count). The van der Waals surface area contributed by atoms with Crippen molar-refractivity contribution in [1.29, 1.82) is 0 Å². The molecule has 1 aromatic heterocycles. The highest BCUT2D eigenvalue weighted by Crippen LogP contribution is 2.21. The Balaban J connectivity index is 0.00000264. The summed E-state index contributed by atoms with van der Waals surface area (Å²) in [7, 11) is 1.79. The monoisotopic (exact) mass is 462 g/mol. The largest absolute Gasteiger partial charge is 0.355 e. The third kappa shape index (κ3) is 7.54. The molecule has 0 fully saturated rings. The molecular formula is C16H23IN4S2. The van der Waals surface area contributed by atoms with Gasteiger partial charge in [-0.2, -0.15) is 0 Å². The van der Waals surface area contributed by atoms with E-state index in [-0.39, 0.29) is 24.0 Å². The first-order chi connectivity index (χ1) is 10.7. The minimum absolute atomic E-state index is 0. The molecule has 0 aliphatic heterocycles. The van der Waals surface area contributed by atoms with Gasteiger partial charge in [-0.05, 0) is 19.1 Å². The van der Waals surface area contributed by atoms with Gasteiger partial charge in [0.2, 0.25) is 0 Å². The number of aromatic nitrogens is 1. The standard InChI is InChI=1S/C16H22N4S2.HI/c1-12(21-14-7-5-4-6-8-14)9-19-16(17-3)20-11-15-10-18-13(2)22-15;/h4-8,10,12H,9,11H2,1-3H3,(H2,17,19,20);1H. The quantitative estimate of drug-likeness (QED) is 0.296. The molecule has 0 aliphatic rings. The van der Waals surface area contributed by atoms with Crippen molar-refractivity contribution in [3.63, 3.8) is 0 Å². The van der Waals surface area contributed by atoms with E-state index in [2.05, 4.69) is 51.8 Å². The minimum atomic E-state index is 0. The number of benzene rings is 1. The number of aryl methyl sites for hydroxylation is 1. The number of halogens is 1. The number of hydrogen-bond donors (Lipinski definition) is 2. The number of thiazole rings is 1. The number of hydrogen-bond acceptors (Lipinski definition) is 4. The van der Waals surface area contributed by atoms with Gasteiger partial charge >= 0.3 is 0 Å². The van der Waals surface area contributed by atoms with Gasteiger partial charge in [-0.15, -0.1) is 47.1 Å². The summed E-state index contributed by atoms with van der Waals surface area (Å²) >= 11 is 3.57. The van der Waals surface area contributed by atoms with Crippen LogP contribution in [-0.2, 0) is 6.54 Å². The Morgan fingerprint density at radius 1 is 1.30 bits per heavy atom. The van der Waals surface area contributed by atoms with Crippen LogP contribution in [0.4, 0.5) is 0 Å². The number of nitrogens with zero attached hydrogens (tertiary/aromatic N) is 2. The second-order valence-corrected chi connectivity index (χ2v) is 7.72. The van der Waals surface area contributed by atoms with Crippen molar-refractivity contribution in [3.8, 4) is 0 Å². The maximum atomic E-state index is 4.26. The van der Waals surface area contributed by atoms with Gasteiger partial charge in [-0.25, -0.2) is 4.98 Å². The van der Waals surface area contributed by atoms with E-state index in [4.69, 9.17) is 0 Å². The highest BCUT2D eigenvalue weighted by Gasteiger charge is 2.06. The number of rotatable bonds is 6. The van der Waals surface area contributed by atoms with Crippen LogP contribution in [0.25, 0.3) is 0 Å². The lowest BCUT2D eigenvalue weighted by atomic mass is 10.4. The van der Waals surface area contributed by atoms with Gasteiger partial charge in [0.1, 0.15) is 0 Å². The average molecular weight is 462 g/mol. The van der Waals surface area contributed by atoms with Crippen LogP contribution < -0.4 is 10.6 Å². The third-order valence-electron chi connectivity index (χ3n) is 2.96. The Hall–Kier alpha value is -0.800. The summed E-state index contributed by atoms with van der Waals surface area (Å²) in [6.45, 7) is 5.85. The smallest absolute Gasteiger partial charge is 0.191 e. The van der Waals surface area contributed by atoms with Crippen LogP contribution in [0.2, 0.25) is 0 Å². The molecule has 1 atom stereocenters. The highest BCUT2D eigenvalue weighted by molar-refractivity contribution is 14.0. The fourth-order valence-electron chi connectivity index (χ4n) is 1.89. The zero-order valence-electron chi connectivity index (χ0n) is 13.6. The molecule has 0 spiro atoms. The average Bonchev–Trinajstić information content (AvgIpc) is 2.94. The van der Waals surface area contributed by atoms with Crippen LogP contribution >= 0.6 is 47.1 Å². The second-order valence-electron chi connectivity index (χ2n) is 4.89. The molecule has 126 valence electrons. The normalized spacial score (nSPS) is 12.4. The van der Waals surface area contributed by atoms with E-state index in [0.29, 0.717) is 5.25 Å². The first-order valence-electron chi connectivity index (χ1n) is 7.25. The van der Waals surface area contributed by atoms with Crippen molar-refractivity contribution >= 4 is 53.0 Å². The zero-order valence-corrected chi connectivity index (χ0v) is 17.5. The predicted molar refractivity (Wildman–Crippen MR) is 112 cm³/mol. The molecule has 1 aromatic carbocycles. The Morgan fingerprint density at radius 3 is 2.65 bits per heavy atom. The Bertz CT molecular complexity index is 601. The summed E-state index contributed by atoms with van der Waals surface area (Å²) in [5.74, 6) is 0.826. The van der Waals surface area contributed by atoms with E-state index in [1.807, 2.05) is 30.9 Å². The summed E-state index contributed by atoms with van der Waals surface area (Å²) in [4.78, 5) is 11.0. The molecule has 0 aliphatic carbocycles. The van der Waals surface area contributed by atoms with Crippen molar-refractivity contribution < 1.29 is 0 Å². The zero-order chi connectivity index (χ0) is 15.8. The third-order valence-corrected chi connectivity index (χ3v) is 4.99. The molecule has 0 radical (unpaired) electrons. The van der Waals surface area contributed by atoms with E-state index in [0.717, 1.165) is 24.1 Å². The fourth-order valence-corrected chi connectivity index (χ4v) is 3.57. The lowest BCUT2D eigenvalue weighted by Crippen LogP contribution is -2.39. The van der Waals surface area contributed by atoms with Gasteiger partial charge in [-0.3, -0.25) is 4.99 Å². The summed E-state index contributed by atoms with van der Waals surface area (Å²) in [6.07, 6.45) is 1.91. The van der Waals surface area contributed by atoms with Crippen LogP contribution in [0.15, 0.2) is 46.4 Å². The van der Waals surface area contributed by atoms with Crippen LogP contribution in [0, 0.1) is 6.92 Å². The van der Waals surface area contributed by atoms with E-state index >= 15 is 0 Å².